The number of aliphatic hydroxyl groups is 1. The Balaban J connectivity index is 2.22. The third kappa shape index (κ3) is 2.82. The maximum absolute atomic E-state index is 9.72. The van der Waals surface area contributed by atoms with Crippen LogP contribution in [-0.2, 0) is 0 Å². The molecule has 0 saturated heterocycles. The van der Waals surface area contributed by atoms with Crippen LogP contribution in [0.2, 0.25) is 0 Å². The third-order valence-corrected chi connectivity index (χ3v) is 2.66. The molecule has 1 saturated carbocycles. The van der Waals surface area contributed by atoms with Gasteiger partial charge in [-0.1, -0.05) is 26.7 Å². The van der Waals surface area contributed by atoms with E-state index in [0.29, 0.717) is 11.8 Å². The molecular weight excluding hydrogens is 136 g/mol. The molecule has 1 N–H and O–H groups in total. The average molecular weight is 156 g/mol. The summed E-state index contributed by atoms with van der Waals surface area (Å²) in [5, 5.41) is 9.72. The van der Waals surface area contributed by atoms with Gasteiger partial charge in [-0.25, -0.2) is 0 Å². The molecule has 1 rings (SSSR count). The Hall–Kier alpha value is -0.0400. The Kier molecular flexibility index (Phi) is 3.38. The first kappa shape index (κ1) is 9.05. The van der Waals surface area contributed by atoms with Gasteiger partial charge < -0.3 is 5.11 Å². The van der Waals surface area contributed by atoms with E-state index in [9.17, 15) is 5.11 Å². The van der Waals surface area contributed by atoms with Gasteiger partial charge in [0.15, 0.2) is 0 Å². The number of hydrogen-bond donors (Lipinski definition) is 1. The van der Waals surface area contributed by atoms with Crippen molar-refractivity contribution in [2.24, 2.45) is 11.8 Å². The number of aliphatic hydroxyl groups excluding tert-OH is 1. The van der Waals surface area contributed by atoms with Gasteiger partial charge in [-0.2, -0.15) is 0 Å². The summed E-state index contributed by atoms with van der Waals surface area (Å²) in [5.41, 5.74) is 0. The van der Waals surface area contributed by atoms with E-state index in [4.69, 9.17) is 0 Å². The molecule has 0 spiro atoms. The fourth-order valence-corrected chi connectivity index (χ4v) is 2.02. The molecule has 11 heavy (non-hydrogen) atoms. The second-order valence-corrected chi connectivity index (χ2v) is 4.24. The molecule has 0 aromatic heterocycles. The monoisotopic (exact) mass is 156 g/mol. The SMILES string of the molecule is CC(C)CC(O)C1CCCC1. The van der Waals surface area contributed by atoms with Gasteiger partial charge in [0.1, 0.15) is 0 Å². The highest BCUT2D eigenvalue weighted by Crippen LogP contribution is 2.29. The van der Waals surface area contributed by atoms with E-state index in [1.54, 1.807) is 0 Å². The Morgan fingerprint density at radius 3 is 2.27 bits per heavy atom. The smallest absolute Gasteiger partial charge is 0.0570 e. The zero-order chi connectivity index (χ0) is 8.27. The van der Waals surface area contributed by atoms with E-state index in [-0.39, 0.29) is 6.10 Å². The molecule has 0 aliphatic heterocycles. The molecule has 66 valence electrons. The van der Waals surface area contributed by atoms with Crippen LogP contribution < -0.4 is 0 Å². The number of rotatable bonds is 3. The van der Waals surface area contributed by atoms with E-state index in [1.165, 1.54) is 25.7 Å². The van der Waals surface area contributed by atoms with Crippen LogP contribution in [0.3, 0.4) is 0 Å². The molecule has 0 aromatic carbocycles. The van der Waals surface area contributed by atoms with Crippen LogP contribution in [0.15, 0.2) is 0 Å². The molecule has 1 atom stereocenters. The van der Waals surface area contributed by atoms with Gasteiger partial charge in [0.2, 0.25) is 0 Å². The third-order valence-electron chi connectivity index (χ3n) is 2.66. The largest absolute Gasteiger partial charge is 0.393 e. The molecule has 1 nitrogen and oxygen atoms in total. The quantitative estimate of drug-likeness (QED) is 0.666. The lowest BCUT2D eigenvalue weighted by atomic mass is 9.93. The highest BCUT2D eigenvalue weighted by Gasteiger charge is 2.23. The molecule has 0 amide bonds. The van der Waals surface area contributed by atoms with E-state index in [2.05, 4.69) is 13.8 Å². The van der Waals surface area contributed by atoms with Crippen molar-refractivity contribution in [3.63, 3.8) is 0 Å². The summed E-state index contributed by atoms with van der Waals surface area (Å²) in [5.74, 6) is 1.27. The van der Waals surface area contributed by atoms with Crippen LogP contribution >= 0.6 is 0 Å². The van der Waals surface area contributed by atoms with E-state index in [1.807, 2.05) is 0 Å². The molecule has 1 aliphatic rings. The summed E-state index contributed by atoms with van der Waals surface area (Å²) in [6, 6.07) is 0. The topological polar surface area (TPSA) is 20.2 Å². The first-order valence-corrected chi connectivity index (χ1v) is 4.88. The normalized spacial score (nSPS) is 22.9. The van der Waals surface area contributed by atoms with Gasteiger partial charge in [0.25, 0.3) is 0 Å². The van der Waals surface area contributed by atoms with Crippen molar-refractivity contribution in [3.8, 4) is 0 Å². The molecule has 0 radical (unpaired) electrons. The lowest BCUT2D eigenvalue weighted by Gasteiger charge is -2.19. The molecular formula is C10H20O. The summed E-state index contributed by atoms with van der Waals surface area (Å²) in [6.45, 7) is 4.36. The van der Waals surface area contributed by atoms with Crippen LogP contribution in [0.5, 0.6) is 0 Å². The predicted octanol–water partition coefficient (Wildman–Crippen LogP) is 2.58. The van der Waals surface area contributed by atoms with Gasteiger partial charge in [-0.3, -0.25) is 0 Å². The van der Waals surface area contributed by atoms with Crippen molar-refractivity contribution < 1.29 is 5.11 Å². The van der Waals surface area contributed by atoms with Crippen molar-refractivity contribution >= 4 is 0 Å². The minimum atomic E-state index is -0.0162. The summed E-state index contributed by atoms with van der Waals surface area (Å²) in [7, 11) is 0. The Morgan fingerprint density at radius 2 is 1.82 bits per heavy atom. The lowest BCUT2D eigenvalue weighted by Crippen LogP contribution is -2.19. The van der Waals surface area contributed by atoms with Gasteiger partial charge >= 0.3 is 0 Å². The van der Waals surface area contributed by atoms with Crippen LogP contribution in [0.25, 0.3) is 0 Å². The van der Waals surface area contributed by atoms with Gasteiger partial charge in [0, 0.05) is 0 Å². The lowest BCUT2D eigenvalue weighted by molar-refractivity contribution is 0.0893. The summed E-state index contributed by atoms with van der Waals surface area (Å²) in [6.07, 6.45) is 6.16. The van der Waals surface area contributed by atoms with Gasteiger partial charge in [-0.05, 0) is 31.1 Å². The average Bonchev–Trinajstić information content (AvgIpc) is 2.35. The van der Waals surface area contributed by atoms with E-state index >= 15 is 0 Å². The summed E-state index contributed by atoms with van der Waals surface area (Å²) < 4.78 is 0. The first-order chi connectivity index (χ1) is 5.20. The predicted molar refractivity (Wildman–Crippen MR) is 47.4 cm³/mol. The van der Waals surface area contributed by atoms with Gasteiger partial charge in [0.05, 0.1) is 6.10 Å². The molecule has 1 unspecified atom stereocenters. The maximum Gasteiger partial charge on any atom is 0.0570 e. The molecule has 1 aliphatic carbocycles. The minimum absolute atomic E-state index is 0.0162. The van der Waals surface area contributed by atoms with Crippen molar-refractivity contribution in [2.45, 2.75) is 52.1 Å². The standard InChI is InChI=1S/C10H20O/c1-8(2)7-10(11)9-5-3-4-6-9/h8-11H,3-7H2,1-2H3. The highest BCUT2D eigenvalue weighted by atomic mass is 16.3. The van der Waals surface area contributed by atoms with Crippen molar-refractivity contribution in [3.05, 3.63) is 0 Å². The number of hydrogen-bond acceptors (Lipinski definition) is 1. The zero-order valence-corrected chi connectivity index (χ0v) is 7.71. The van der Waals surface area contributed by atoms with Crippen molar-refractivity contribution in [1.29, 1.82) is 0 Å². The molecule has 0 heterocycles. The Bertz CT molecular complexity index is 103. The minimum Gasteiger partial charge on any atom is -0.393 e. The molecule has 0 bridgehead atoms. The fraction of sp³-hybridized carbons (Fsp3) is 1.00. The second kappa shape index (κ2) is 4.10. The highest BCUT2D eigenvalue weighted by molar-refractivity contribution is 4.75. The van der Waals surface area contributed by atoms with Crippen LogP contribution in [0.4, 0.5) is 0 Å². The van der Waals surface area contributed by atoms with Crippen molar-refractivity contribution in [1.82, 2.24) is 0 Å². The Morgan fingerprint density at radius 1 is 1.27 bits per heavy atom. The van der Waals surface area contributed by atoms with Crippen LogP contribution in [0.1, 0.15) is 46.0 Å². The van der Waals surface area contributed by atoms with E-state index < -0.39 is 0 Å². The zero-order valence-electron chi connectivity index (χ0n) is 7.71. The summed E-state index contributed by atoms with van der Waals surface area (Å²) >= 11 is 0. The molecule has 1 fully saturated rings. The van der Waals surface area contributed by atoms with Gasteiger partial charge in [-0.15, -0.1) is 0 Å². The van der Waals surface area contributed by atoms with E-state index in [0.717, 1.165) is 6.42 Å². The fourth-order valence-electron chi connectivity index (χ4n) is 2.02. The Labute approximate surface area is 69.8 Å². The first-order valence-electron chi connectivity index (χ1n) is 4.88. The van der Waals surface area contributed by atoms with Crippen molar-refractivity contribution in [2.75, 3.05) is 0 Å². The second-order valence-electron chi connectivity index (χ2n) is 4.24. The summed E-state index contributed by atoms with van der Waals surface area (Å²) in [4.78, 5) is 0. The maximum atomic E-state index is 9.72. The molecule has 1 heteroatoms. The van der Waals surface area contributed by atoms with Crippen LogP contribution in [-0.4, -0.2) is 11.2 Å². The van der Waals surface area contributed by atoms with Crippen LogP contribution in [0, 0.1) is 11.8 Å². The molecule has 0 aromatic rings.